The largest absolute Gasteiger partial charge is 0.469 e. The molecule has 1 atom stereocenters. The fraction of sp³-hybridized carbons (Fsp3) is 0.857. The Morgan fingerprint density at radius 1 is 0.947 bits per heavy atom. The van der Waals surface area contributed by atoms with Crippen LogP contribution in [0.15, 0.2) is 0 Å². The Balaban J connectivity index is 1.92. The molecule has 2 rings (SSSR count). The van der Waals surface area contributed by atoms with Gasteiger partial charge in [-0.25, -0.2) is 4.79 Å². The molecular formula is C14H24N2O3. The highest BCUT2D eigenvalue weighted by Gasteiger charge is 2.31. The number of hydrogen-bond acceptors (Lipinski definition) is 3. The summed E-state index contributed by atoms with van der Waals surface area (Å²) in [6.07, 6.45) is 6.35. The summed E-state index contributed by atoms with van der Waals surface area (Å²) in [4.78, 5) is 27.8. The van der Waals surface area contributed by atoms with Gasteiger partial charge in [0.05, 0.1) is 13.0 Å². The highest BCUT2D eigenvalue weighted by molar-refractivity contribution is 5.77. The molecule has 0 spiro atoms. The molecule has 5 heteroatoms. The number of methoxy groups -OCH3 is 1. The van der Waals surface area contributed by atoms with E-state index in [0.29, 0.717) is 6.54 Å². The smallest absolute Gasteiger partial charge is 0.320 e. The van der Waals surface area contributed by atoms with Crippen LogP contribution in [0.3, 0.4) is 0 Å². The van der Waals surface area contributed by atoms with Crippen LogP contribution in [0.5, 0.6) is 0 Å². The molecule has 108 valence electrons. The Hall–Kier alpha value is -1.26. The van der Waals surface area contributed by atoms with Crippen LogP contribution in [0.4, 0.5) is 4.79 Å². The third-order valence-corrected chi connectivity index (χ3v) is 4.10. The Kier molecular flexibility index (Phi) is 5.05. The van der Waals surface area contributed by atoms with Crippen molar-refractivity contribution in [2.24, 2.45) is 5.92 Å². The zero-order valence-electron chi connectivity index (χ0n) is 11.8. The SMILES string of the molecule is COC(=O)C1CCCN(C(=O)N2CCCCCC2)C1. The normalized spacial score (nSPS) is 24.8. The van der Waals surface area contributed by atoms with E-state index in [9.17, 15) is 9.59 Å². The van der Waals surface area contributed by atoms with Gasteiger partial charge in [-0.15, -0.1) is 0 Å². The zero-order chi connectivity index (χ0) is 13.7. The van der Waals surface area contributed by atoms with Crippen LogP contribution < -0.4 is 0 Å². The van der Waals surface area contributed by atoms with Gasteiger partial charge in [0.15, 0.2) is 0 Å². The number of likely N-dealkylation sites (tertiary alicyclic amines) is 2. The lowest BCUT2D eigenvalue weighted by Crippen LogP contribution is -2.49. The number of esters is 1. The molecule has 2 aliphatic heterocycles. The first-order valence-corrected chi connectivity index (χ1v) is 7.34. The van der Waals surface area contributed by atoms with E-state index < -0.39 is 0 Å². The molecule has 0 aromatic rings. The molecule has 1 unspecified atom stereocenters. The van der Waals surface area contributed by atoms with E-state index in [2.05, 4.69) is 0 Å². The van der Waals surface area contributed by atoms with Gasteiger partial charge in [-0.05, 0) is 25.7 Å². The fourth-order valence-corrected chi connectivity index (χ4v) is 2.97. The van der Waals surface area contributed by atoms with Crippen LogP contribution in [-0.4, -0.2) is 55.1 Å². The van der Waals surface area contributed by atoms with E-state index in [1.54, 1.807) is 0 Å². The van der Waals surface area contributed by atoms with Crippen molar-refractivity contribution in [2.45, 2.75) is 38.5 Å². The topological polar surface area (TPSA) is 49.9 Å². The Labute approximate surface area is 114 Å². The lowest BCUT2D eigenvalue weighted by molar-refractivity contribution is -0.146. The third-order valence-electron chi connectivity index (χ3n) is 4.10. The van der Waals surface area contributed by atoms with Gasteiger partial charge in [0.25, 0.3) is 0 Å². The van der Waals surface area contributed by atoms with Gasteiger partial charge in [0.2, 0.25) is 0 Å². The quantitative estimate of drug-likeness (QED) is 0.682. The first kappa shape index (κ1) is 14.2. The van der Waals surface area contributed by atoms with E-state index >= 15 is 0 Å². The lowest BCUT2D eigenvalue weighted by atomic mass is 9.98. The van der Waals surface area contributed by atoms with E-state index in [0.717, 1.165) is 45.3 Å². The summed E-state index contributed by atoms with van der Waals surface area (Å²) in [5.74, 6) is -0.331. The van der Waals surface area contributed by atoms with Crippen molar-refractivity contribution in [1.29, 1.82) is 0 Å². The number of ether oxygens (including phenoxy) is 1. The summed E-state index contributed by atoms with van der Waals surface area (Å²) >= 11 is 0. The standard InChI is InChI=1S/C14H24N2O3/c1-19-13(17)12-7-6-10-16(11-12)14(18)15-8-4-2-3-5-9-15/h12H,2-11H2,1H3. The van der Waals surface area contributed by atoms with Crippen molar-refractivity contribution < 1.29 is 14.3 Å². The average Bonchev–Trinajstić information content (AvgIpc) is 2.75. The summed E-state index contributed by atoms with van der Waals surface area (Å²) in [7, 11) is 1.41. The van der Waals surface area contributed by atoms with Gasteiger partial charge >= 0.3 is 12.0 Å². The summed E-state index contributed by atoms with van der Waals surface area (Å²) in [6.45, 7) is 3.00. The molecule has 2 amide bonds. The van der Waals surface area contributed by atoms with Gasteiger partial charge in [-0.3, -0.25) is 4.79 Å². The maximum atomic E-state index is 12.5. The minimum absolute atomic E-state index is 0.107. The molecule has 19 heavy (non-hydrogen) atoms. The summed E-state index contributed by atoms with van der Waals surface area (Å²) in [6, 6.07) is 0.107. The van der Waals surface area contributed by atoms with Gasteiger partial charge in [-0.1, -0.05) is 12.8 Å². The number of amides is 2. The van der Waals surface area contributed by atoms with Crippen molar-refractivity contribution in [3.05, 3.63) is 0 Å². The maximum absolute atomic E-state index is 12.5. The second-order valence-corrected chi connectivity index (χ2v) is 5.49. The molecule has 0 N–H and O–H groups in total. The van der Waals surface area contributed by atoms with Crippen LogP contribution in [0.25, 0.3) is 0 Å². The van der Waals surface area contributed by atoms with E-state index in [-0.39, 0.29) is 17.9 Å². The third kappa shape index (κ3) is 3.61. The lowest BCUT2D eigenvalue weighted by Gasteiger charge is -2.35. The van der Waals surface area contributed by atoms with Gasteiger partial charge in [0, 0.05) is 26.2 Å². The van der Waals surface area contributed by atoms with E-state index in [4.69, 9.17) is 4.74 Å². The molecule has 0 bridgehead atoms. The van der Waals surface area contributed by atoms with Crippen LogP contribution >= 0.6 is 0 Å². The highest BCUT2D eigenvalue weighted by Crippen LogP contribution is 2.20. The van der Waals surface area contributed by atoms with Gasteiger partial charge in [0.1, 0.15) is 0 Å². The Morgan fingerprint density at radius 3 is 2.21 bits per heavy atom. The first-order chi connectivity index (χ1) is 9.22. The Bertz CT molecular complexity index is 325. The molecule has 2 fully saturated rings. The fourth-order valence-electron chi connectivity index (χ4n) is 2.97. The molecule has 5 nitrogen and oxygen atoms in total. The van der Waals surface area contributed by atoms with Gasteiger partial charge in [-0.2, -0.15) is 0 Å². The van der Waals surface area contributed by atoms with Crippen molar-refractivity contribution in [2.75, 3.05) is 33.3 Å². The monoisotopic (exact) mass is 268 g/mol. The van der Waals surface area contributed by atoms with Crippen LogP contribution in [-0.2, 0) is 9.53 Å². The molecule has 0 aliphatic carbocycles. The predicted molar refractivity (Wildman–Crippen MR) is 71.8 cm³/mol. The first-order valence-electron chi connectivity index (χ1n) is 7.34. The van der Waals surface area contributed by atoms with Crippen molar-refractivity contribution in [3.8, 4) is 0 Å². The summed E-state index contributed by atoms with van der Waals surface area (Å²) < 4.78 is 4.79. The molecule has 0 radical (unpaired) electrons. The zero-order valence-corrected chi connectivity index (χ0v) is 11.8. The maximum Gasteiger partial charge on any atom is 0.320 e. The van der Waals surface area contributed by atoms with Crippen molar-refractivity contribution in [1.82, 2.24) is 9.80 Å². The highest BCUT2D eigenvalue weighted by atomic mass is 16.5. The van der Waals surface area contributed by atoms with Crippen LogP contribution in [0.2, 0.25) is 0 Å². The number of hydrogen-bond donors (Lipinski definition) is 0. The number of rotatable bonds is 1. The second-order valence-electron chi connectivity index (χ2n) is 5.49. The summed E-state index contributed by atoms with van der Waals surface area (Å²) in [5.41, 5.74) is 0. The minimum atomic E-state index is -0.187. The minimum Gasteiger partial charge on any atom is -0.469 e. The number of nitrogens with zero attached hydrogens (tertiary/aromatic N) is 2. The molecule has 2 aliphatic rings. The molecular weight excluding hydrogens is 244 g/mol. The van der Waals surface area contributed by atoms with Crippen LogP contribution in [0, 0.1) is 5.92 Å². The average molecular weight is 268 g/mol. The Morgan fingerprint density at radius 2 is 1.58 bits per heavy atom. The van der Waals surface area contributed by atoms with Crippen molar-refractivity contribution in [3.63, 3.8) is 0 Å². The second kappa shape index (κ2) is 6.78. The number of carbonyl (C=O) groups excluding carboxylic acids is 2. The van der Waals surface area contributed by atoms with E-state index in [1.165, 1.54) is 20.0 Å². The molecule has 2 saturated heterocycles. The van der Waals surface area contributed by atoms with Crippen LogP contribution in [0.1, 0.15) is 38.5 Å². The number of piperidine rings is 1. The van der Waals surface area contributed by atoms with Crippen molar-refractivity contribution >= 4 is 12.0 Å². The summed E-state index contributed by atoms with van der Waals surface area (Å²) in [5, 5.41) is 0. The molecule has 0 saturated carbocycles. The van der Waals surface area contributed by atoms with E-state index in [1.807, 2.05) is 9.80 Å². The number of carbonyl (C=O) groups is 2. The number of urea groups is 1. The predicted octanol–water partition coefficient (Wildman–Crippen LogP) is 1.87. The molecule has 0 aromatic carbocycles. The molecule has 0 aromatic heterocycles. The van der Waals surface area contributed by atoms with Gasteiger partial charge < -0.3 is 14.5 Å². The molecule has 2 heterocycles.